The molecule has 0 aromatic heterocycles. The summed E-state index contributed by atoms with van der Waals surface area (Å²) in [5.74, 6) is -0.103. The highest BCUT2D eigenvalue weighted by Gasteiger charge is 2.37. The first kappa shape index (κ1) is 10.6. The van der Waals surface area contributed by atoms with Gasteiger partial charge in [-0.25, -0.2) is 0 Å². The highest BCUT2D eigenvalue weighted by atomic mass is 16.3. The lowest BCUT2D eigenvalue weighted by Gasteiger charge is -2.39. The lowest BCUT2D eigenvalue weighted by atomic mass is 9.98. The summed E-state index contributed by atoms with van der Waals surface area (Å²) in [6.07, 6.45) is 2.35. The topological polar surface area (TPSA) is 69.6 Å². The van der Waals surface area contributed by atoms with E-state index >= 15 is 0 Å². The van der Waals surface area contributed by atoms with E-state index in [0.29, 0.717) is 13.0 Å². The Morgan fingerprint density at radius 1 is 1.40 bits per heavy atom. The highest BCUT2D eigenvalue weighted by molar-refractivity contribution is 5.92. The first-order valence-corrected chi connectivity index (χ1v) is 5.40. The Kier molecular flexibility index (Phi) is 3.02. The number of ketones is 1. The van der Waals surface area contributed by atoms with Crippen LogP contribution < -0.4 is 5.32 Å². The molecular formula is C10H16N2O3. The van der Waals surface area contributed by atoms with Crippen LogP contribution in [0.2, 0.25) is 0 Å². The maximum atomic E-state index is 11.6. The minimum atomic E-state index is -0.466. The van der Waals surface area contributed by atoms with Gasteiger partial charge >= 0.3 is 0 Å². The van der Waals surface area contributed by atoms with Crippen molar-refractivity contribution in [3.05, 3.63) is 0 Å². The molecule has 2 aliphatic rings. The van der Waals surface area contributed by atoms with E-state index in [1.165, 1.54) is 0 Å². The molecule has 2 bridgehead atoms. The number of hydrogen-bond donors (Lipinski definition) is 2. The van der Waals surface area contributed by atoms with E-state index in [2.05, 4.69) is 5.32 Å². The van der Waals surface area contributed by atoms with Crippen LogP contribution in [0.15, 0.2) is 0 Å². The summed E-state index contributed by atoms with van der Waals surface area (Å²) < 4.78 is 0. The number of aliphatic hydroxyl groups is 1. The van der Waals surface area contributed by atoms with Crippen molar-refractivity contribution in [2.24, 2.45) is 0 Å². The molecule has 0 saturated carbocycles. The maximum Gasteiger partial charge on any atom is 0.240 e. The molecule has 2 aliphatic heterocycles. The van der Waals surface area contributed by atoms with Gasteiger partial charge in [0.05, 0.1) is 6.61 Å². The smallest absolute Gasteiger partial charge is 0.240 e. The number of hydrogen-bond acceptors (Lipinski definition) is 4. The van der Waals surface area contributed by atoms with Crippen LogP contribution in [0.5, 0.6) is 0 Å². The highest BCUT2D eigenvalue weighted by Crippen LogP contribution is 2.15. The van der Waals surface area contributed by atoms with Crippen LogP contribution in [0.3, 0.4) is 0 Å². The van der Waals surface area contributed by atoms with Crippen molar-refractivity contribution in [1.29, 1.82) is 0 Å². The number of aliphatic hydroxyl groups excluding tert-OH is 1. The van der Waals surface area contributed by atoms with Gasteiger partial charge in [0, 0.05) is 13.0 Å². The molecule has 1 amide bonds. The molecule has 2 N–H and O–H groups in total. The van der Waals surface area contributed by atoms with Crippen molar-refractivity contribution in [3.8, 4) is 0 Å². The standard InChI is InChI=1S/C10H16N2O3/c13-6-8-10(15)11-7-5-12(8)4-2-1-3-9(7)14/h7-8,13H,1-6H2,(H,11,15)/t7-,8+/m1/s1. The second-order valence-electron chi connectivity index (χ2n) is 4.18. The molecule has 0 aromatic rings. The molecule has 0 spiro atoms. The Morgan fingerprint density at radius 3 is 2.93 bits per heavy atom. The van der Waals surface area contributed by atoms with Crippen LogP contribution in [0.25, 0.3) is 0 Å². The monoisotopic (exact) mass is 212 g/mol. The molecule has 1 unspecified atom stereocenters. The molecule has 84 valence electrons. The fraction of sp³-hybridized carbons (Fsp3) is 0.800. The van der Waals surface area contributed by atoms with Gasteiger partial charge in [-0.15, -0.1) is 0 Å². The fourth-order valence-corrected chi connectivity index (χ4v) is 2.26. The van der Waals surface area contributed by atoms with Crippen molar-refractivity contribution in [2.45, 2.75) is 31.3 Å². The molecule has 5 heteroatoms. The van der Waals surface area contributed by atoms with E-state index in [1.54, 1.807) is 0 Å². The molecule has 2 rings (SSSR count). The van der Waals surface area contributed by atoms with Crippen LogP contribution in [0.4, 0.5) is 0 Å². The fourth-order valence-electron chi connectivity index (χ4n) is 2.26. The Hall–Kier alpha value is -0.940. The van der Waals surface area contributed by atoms with E-state index in [0.717, 1.165) is 19.4 Å². The third-order valence-electron chi connectivity index (χ3n) is 3.16. The predicted octanol–water partition coefficient (Wildman–Crippen LogP) is -1.10. The predicted molar refractivity (Wildman–Crippen MR) is 53.2 cm³/mol. The second kappa shape index (κ2) is 4.28. The minimum absolute atomic E-state index is 0.115. The number of carbonyl (C=O) groups is 2. The van der Waals surface area contributed by atoms with E-state index in [9.17, 15) is 9.59 Å². The van der Waals surface area contributed by atoms with E-state index in [4.69, 9.17) is 5.11 Å². The summed E-state index contributed by atoms with van der Waals surface area (Å²) in [6, 6.07) is -0.826. The summed E-state index contributed by atoms with van der Waals surface area (Å²) in [5, 5.41) is 11.8. The summed E-state index contributed by atoms with van der Waals surface area (Å²) in [5.41, 5.74) is 0. The zero-order valence-electron chi connectivity index (χ0n) is 8.61. The van der Waals surface area contributed by atoms with E-state index < -0.39 is 6.04 Å². The van der Waals surface area contributed by atoms with Crippen molar-refractivity contribution in [1.82, 2.24) is 10.2 Å². The van der Waals surface area contributed by atoms with Gasteiger partial charge in [0.2, 0.25) is 5.91 Å². The Bertz CT molecular complexity index is 280. The molecule has 15 heavy (non-hydrogen) atoms. The first-order valence-electron chi connectivity index (χ1n) is 5.40. The summed E-state index contributed by atoms with van der Waals surface area (Å²) in [6.45, 7) is 1.17. The number of amides is 1. The number of rotatable bonds is 1. The number of carbonyl (C=O) groups excluding carboxylic acids is 2. The van der Waals surface area contributed by atoms with Gasteiger partial charge in [0.25, 0.3) is 0 Å². The zero-order valence-corrected chi connectivity index (χ0v) is 8.61. The molecule has 0 aliphatic carbocycles. The average Bonchev–Trinajstić information content (AvgIpc) is 2.21. The third kappa shape index (κ3) is 2.03. The number of nitrogens with one attached hydrogen (secondary N) is 1. The maximum absolute atomic E-state index is 11.6. The van der Waals surface area contributed by atoms with Crippen molar-refractivity contribution < 1.29 is 14.7 Å². The Balaban J connectivity index is 2.15. The van der Waals surface area contributed by atoms with Crippen LogP contribution in [0, 0.1) is 0 Å². The molecule has 2 saturated heterocycles. The normalized spacial score (nSPS) is 36.7. The molecular weight excluding hydrogens is 196 g/mol. The SMILES string of the molecule is O=C1CCCCN2C[C@H]1NC(=O)[C@@H]2CO. The van der Waals surface area contributed by atoms with Crippen LogP contribution in [-0.2, 0) is 9.59 Å². The quantitative estimate of drug-likeness (QED) is 0.579. The number of piperazine rings is 1. The van der Waals surface area contributed by atoms with Crippen LogP contribution in [-0.4, -0.2) is 53.5 Å². The Morgan fingerprint density at radius 2 is 2.20 bits per heavy atom. The van der Waals surface area contributed by atoms with Gasteiger partial charge in [-0.3, -0.25) is 14.5 Å². The van der Waals surface area contributed by atoms with Crippen molar-refractivity contribution in [2.75, 3.05) is 19.7 Å². The molecule has 2 heterocycles. The van der Waals surface area contributed by atoms with E-state index in [1.807, 2.05) is 4.90 Å². The Labute approximate surface area is 88.4 Å². The van der Waals surface area contributed by atoms with Gasteiger partial charge in [0.15, 0.2) is 5.78 Å². The van der Waals surface area contributed by atoms with Crippen molar-refractivity contribution in [3.63, 3.8) is 0 Å². The minimum Gasteiger partial charge on any atom is -0.394 e. The van der Waals surface area contributed by atoms with Gasteiger partial charge in [0.1, 0.15) is 12.1 Å². The van der Waals surface area contributed by atoms with Gasteiger partial charge in [-0.1, -0.05) is 0 Å². The van der Waals surface area contributed by atoms with Gasteiger partial charge < -0.3 is 10.4 Å². The molecule has 2 fully saturated rings. The molecule has 0 aromatic carbocycles. The second-order valence-corrected chi connectivity index (χ2v) is 4.18. The van der Waals surface area contributed by atoms with Crippen LogP contribution >= 0.6 is 0 Å². The summed E-state index contributed by atoms with van der Waals surface area (Å²) >= 11 is 0. The molecule has 0 radical (unpaired) electrons. The number of nitrogens with zero attached hydrogens (tertiary/aromatic N) is 1. The molecule has 5 nitrogen and oxygen atoms in total. The van der Waals surface area contributed by atoms with Gasteiger partial charge in [-0.2, -0.15) is 0 Å². The average molecular weight is 212 g/mol. The van der Waals surface area contributed by atoms with Crippen molar-refractivity contribution >= 4 is 11.7 Å². The summed E-state index contributed by atoms with van der Waals surface area (Å²) in [4.78, 5) is 25.1. The number of Topliss-reactive ketones (excluding diaryl/α,β-unsaturated/α-hetero) is 1. The summed E-state index contributed by atoms with van der Waals surface area (Å²) in [7, 11) is 0. The number of fused-ring (bicyclic) bond motifs is 2. The van der Waals surface area contributed by atoms with Crippen LogP contribution in [0.1, 0.15) is 19.3 Å². The largest absolute Gasteiger partial charge is 0.394 e. The lowest BCUT2D eigenvalue weighted by molar-refractivity contribution is -0.138. The molecule has 3 atom stereocenters. The zero-order chi connectivity index (χ0) is 10.8. The first-order chi connectivity index (χ1) is 7.22. The van der Waals surface area contributed by atoms with E-state index in [-0.39, 0.29) is 24.3 Å². The third-order valence-corrected chi connectivity index (χ3v) is 3.16. The van der Waals surface area contributed by atoms with Gasteiger partial charge in [-0.05, 0) is 19.4 Å². The lowest BCUT2D eigenvalue weighted by Crippen LogP contribution is -2.64.